The number of hydrogen-bond acceptors (Lipinski definition) is 2. The molecule has 74 valence electrons. The van der Waals surface area contributed by atoms with Crippen molar-refractivity contribution in [1.29, 1.82) is 0 Å². The van der Waals surface area contributed by atoms with Crippen molar-refractivity contribution in [2.75, 3.05) is 20.1 Å². The van der Waals surface area contributed by atoms with E-state index in [0.717, 1.165) is 19.5 Å². The monoisotopic (exact) mass is 182 g/mol. The molecular formula is C10H18N2O. The summed E-state index contributed by atoms with van der Waals surface area (Å²) in [6.07, 6.45) is 4.74. The average molecular weight is 182 g/mol. The number of rotatable bonds is 2. The SMILES string of the molecule is CN(C(=O)C1CCNC1)C1CCC1. The van der Waals surface area contributed by atoms with Crippen molar-refractivity contribution in [3.05, 3.63) is 0 Å². The largest absolute Gasteiger partial charge is 0.342 e. The first-order valence-electron chi connectivity index (χ1n) is 5.26. The standard InChI is InChI=1S/C10H18N2O/c1-12(9-3-2-4-9)10(13)8-5-6-11-7-8/h8-9,11H,2-7H2,1H3. The Labute approximate surface area is 79.5 Å². The van der Waals surface area contributed by atoms with Crippen molar-refractivity contribution in [2.45, 2.75) is 31.7 Å². The van der Waals surface area contributed by atoms with Crippen molar-refractivity contribution >= 4 is 5.91 Å². The molecule has 1 amide bonds. The molecular weight excluding hydrogens is 164 g/mol. The molecule has 1 unspecified atom stereocenters. The van der Waals surface area contributed by atoms with Gasteiger partial charge in [0.1, 0.15) is 0 Å². The van der Waals surface area contributed by atoms with Gasteiger partial charge in [-0.2, -0.15) is 0 Å². The number of nitrogens with zero attached hydrogens (tertiary/aromatic N) is 1. The van der Waals surface area contributed by atoms with Crippen LogP contribution in [0.25, 0.3) is 0 Å². The first-order valence-corrected chi connectivity index (χ1v) is 5.26. The Bertz CT molecular complexity index is 195. The molecule has 1 aliphatic heterocycles. The van der Waals surface area contributed by atoms with E-state index in [0.29, 0.717) is 11.9 Å². The summed E-state index contributed by atoms with van der Waals surface area (Å²) in [5.74, 6) is 0.611. The second-order valence-electron chi connectivity index (χ2n) is 4.22. The van der Waals surface area contributed by atoms with Gasteiger partial charge in [-0.05, 0) is 32.2 Å². The highest BCUT2D eigenvalue weighted by Gasteiger charge is 2.31. The lowest BCUT2D eigenvalue weighted by Crippen LogP contribution is -2.44. The molecule has 0 bridgehead atoms. The van der Waals surface area contributed by atoms with Gasteiger partial charge in [-0.1, -0.05) is 0 Å². The zero-order valence-corrected chi connectivity index (χ0v) is 8.25. The van der Waals surface area contributed by atoms with Crippen LogP contribution in [0.2, 0.25) is 0 Å². The van der Waals surface area contributed by atoms with Gasteiger partial charge in [-0.15, -0.1) is 0 Å². The Kier molecular flexibility index (Phi) is 2.54. The van der Waals surface area contributed by atoms with E-state index in [-0.39, 0.29) is 5.92 Å². The van der Waals surface area contributed by atoms with E-state index in [1.165, 1.54) is 19.3 Å². The van der Waals surface area contributed by atoms with Gasteiger partial charge in [0.15, 0.2) is 0 Å². The molecule has 1 N–H and O–H groups in total. The number of hydrogen-bond donors (Lipinski definition) is 1. The minimum Gasteiger partial charge on any atom is -0.342 e. The highest BCUT2D eigenvalue weighted by Crippen LogP contribution is 2.25. The maximum absolute atomic E-state index is 11.9. The van der Waals surface area contributed by atoms with E-state index >= 15 is 0 Å². The Morgan fingerprint density at radius 1 is 1.38 bits per heavy atom. The zero-order valence-electron chi connectivity index (χ0n) is 8.25. The molecule has 13 heavy (non-hydrogen) atoms. The fraction of sp³-hybridized carbons (Fsp3) is 0.900. The van der Waals surface area contributed by atoms with Crippen LogP contribution in [0.1, 0.15) is 25.7 Å². The minimum absolute atomic E-state index is 0.255. The lowest BCUT2D eigenvalue weighted by molar-refractivity contribution is -0.137. The molecule has 2 aliphatic rings. The van der Waals surface area contributed by atoms with Crippen LogP contribution >= 0.6 is 0 Å². The van der Waals surface area contributed by atoms with Gasteiger partial charge in [0, 0.05) is 19.6 Å². The minimum atomic E-state index is 0.255. The number of carbonyl (C=O) groups excluding carboxylic acids is 1. The summed E-state index contributed by atoms with van der Waals surface area (Å²) in [5.41, 5.74) is 0. The number of carbonyl (C=O) groups is 1. The fourth-order valence-corrected chi connectivity index (χ4v) is 2.11. The third-order valence-corrected chi connectivity index (χ3v) is 3.38. The summed E-state index contributed by atoms with van der Waals surface area (Å²) >= 11 is 0. The van der Waals surface area contributed by atoms with Crippen molar-refractivity contribution < 1.29 is 4.79 Å². The van der Waals surface area contributed by atoms with Gasteiger partial charge in [-0.3, -0.25) is 4.79 Å². The van der Waals surface area contributed by atoms with Gasteiger partial charge in [0.2, 0.25) is 5.91 Å². The van der Waals surface area contributed by atoms with E-state index in [1.807, 2.05) is 11.9 Å². The predicted molar refractivity (Wildman–Crippen MR) is 51.4 cm³/mol. The molecule has 1 saturated heterocycles. The Hall–Kier alpha value is -0.570. The van der Waals surface area contributed by atoms with Crippen molar-refractivity contribution in [2.24, 2.45) is 5.92 Å². The van der Waals surface area contributed by atoms with Crippen LogP contribution in [-0.2, 0) is 4.79 Å². The fourth-order valence-electron chi connectivity index (χ4n) is 2.11. The van der Waals surface area contributed by atoms with Crippen molar-refractivity contribution in [1.82, 2.24) is 10.2 Å². The molecule has 3 nitrogen and oxygen atoms in total. The smallest absolute Gasteiger partial charge is 0.227 e. The molecule has 0 spiro atoms. The lowest BCUT2D eigenvalue weighted by Gasteiger charge is -2.36. The summed E-state index contributed by atoms with van der Waals surface area (Å²) < 4.78 is 0. The summed E-state index contributed by atoms with van der Waals surface area (Å²) in [4.78, 5) is 13.8. The van der Waals surface area contributed by atoms with Gasteiger partial charge < -0.3 is 10.2 Å². The van der Waals surface area contributed by atoms with Gasteiger partial charge >= 0.3 is 0 Å². The molecule has 0 radical (unpaired) electrons. The van der Waals surface area contributed by atoms with Crippen LogP contribution in [0.15, 0.2) is 0 Å². The van der Waals surface area contributed by atoms with Crippen LogP contribution in [0, 0.1) is 5.92 Å². The first kappa shape index (κ1) is 9.00. The van der Waals surface area contributed by atoms with E-state index in [9.17, 15) is 4.79 Å². The van der Waals surface area contributed by atoms with Gasteiger partial charge in [0.05, 0.1) is 5.92 Å². The maximum Gasteiger partial charge on any atom is 0.227 e. The lowest BCUT2D eigenvalue weighted by atomic mass is 9.91. The molecule has 0 aromatic heterocycles. The molecule has 1 heterocycles. The maximum atomic E-state index is 11.9. The highest BCUT2D eigenvalue weighted by molar-refractivity contribution is 5.79. The topological polar surface area (TPSA) is 32.3 Å². The molecule has 3 heteroatoms. The first-order chi connectivity index (χ1) is 6.29. The van der Waals surface area contributed by atoms with Crippen LogP contribution in [0.5, 0.6) is 0 Å². The summed E-state index contributed by atoms with van der Waals surface area (Å²) in [6.45, 7) is 1.89. The quantitative estimate of drug-likeness (QED) is 0.678. The van der Waals surface area contributed by atoms with Gasteiger partial charge in [0.25, 0.3) is 0 Å². The normalized spacial score (nSPS) is 28.5. The molecule has 2 fully saturated rings. The van der Waals surface area contributed by atoms with E-state index in [4.69, 9.17) is 0 Å². The van der Waals surface area contributed by atoms with Crippen LogP contribution in [0.3, 0.4) is 0 Å². The van der Waals surface area contributed by atoms with Crippen LogP contribution in [-0.4, -0.2) is 37.0 Å². The second kappa shape index (κ2) is 3.66. The van der Waals surface area contributed by atoms with Crippen LogP contribution < -0.4 is 5.32 Å². The van der Waals surface area contributed by atoms with Crippen molar-refractivity contribution in [3.8, 4) is 0 Å². The average Bonchev–Trinajstić information content (AvgIpc) is 2.51. The van der Waals surface area contributed by atoms with E-state index < -0.39 is 0 Å². The molecule has 1 atom stereocenters. The number of amides is 1. The molecule has 1 saturated carbocycles. The molecule has 1 aliphatic carbocycles. The van der Waals surface area contributed by atoms with Crippen LogP contribution in [0.4, 0.5) is 0 Å². The van der Waals surface area contributed by atoms with E-state index in [1.54, 1.807) is 0 Å². The highest BCUT2D eigenvalue weighted by atomic mass is 16.2. The Morgan fingerprint density at radius 2 is 2.15 bits per heavy atom. The third-order valence-electron chi connectivity index (χ3n) is 3.38. The second-order valence-corrected chi connectivity index (χ2v) is 4.22. The third kappa shape index (κ3) is 1.70. The molecule has 2 rings (SSSR count). The number of nitrogens with one attached hydrogen (secondary N) is 1. The summed E-state index contributed by atoms with van der Waals surface area (Å²) in [5, 5.41) is 3.24. The predicted octanol–water partition coefficient (Wildman–Crippen LogP) is 0.607. The van der Waals surface area contributed by atoms with E-state index in [2.05, 4.69) is 5.32 Å². The Morgan fingerprint density at radius 3 is 2.62 bits per heavy atom. The zero-order chi connectivity index (χ0) is 9.26. The van der Waals surface area contributed by atoms with Crippen molar-refractivity contribution in [3.63, 3.8) is 0 Å². The summed E-state index contributed by atoms with van der Waals surface area (Å²) in [6, 6.07) is 0.549. The molecule has 0 aromatic carbocycles. The molecule has 0 aromatic rings. The summed E-state index contributed by atoms with van der Waals surface area (Å²) in [7, 11) is 1.96. The Balaban J connectivity index is 1.87. The van der Waals surface area contributed by atoms with Gasteiger partial charge in [-0.25, -0.2) is 0 Å².